The van der Waals surface area contributed by atoms with Gasteiger partial charge in [-0.25, -0.2) is 4.39 Å². The molecule has 2 aromatic rings. The number of hydrogen-bond acceptors (Lipinski definition) is 2. The molecule has 1 aliphatic rings. The van der Waals surface area contributed by atoms with E-state index in [9.17, 15) is 4.39 Å². The standard InChI is InChI=1S/C16H20FN3/c1-10-16(11(2)20(3)19-10)12-4-5-13(15(17)8-12)9-18-14-6-7-14/h4-5,8,14,18H,6-7,9H2,1-3H3. The fourth-order valence-corrected chi connectivity index (χ4v) is 2.58. The SMILES string of the molecule is Cc1nn(C)c(C)c1-c1ccc(CNC2CC2)c(F)c1. The third-order valence-corrected chi connectivity index (χ3v) is 4.01. The van der Waals surface area contributed by atoms with Crippen LogP contribution in [0.3, 0.4) is 0 Å². The van der Waals surface area contributed by atoms with Crippen molar-refractivity contribution in [2.24, 2.45) is 7.05 Å². The molecular weight excluding hydrogens is 253 g/mol. The lowest BCUT2D eigenvalue weighted by Crippen LogP contribution is -2.16. The second kappa shape index (κ2) is 5.02. The zero-order valence-corrected chi connectivity index (χ0v) is 12.2. The van der Waals surface area contributed by atoms with Gasteiger partial charge in [-0.05, 0) is 38.3 Å². The van der Waals surface area contributed by atoms with Crippen LogP contribution in [0, 0.1) is 19.7 Å². The summed E-state index contributed by atoms with van der Waals surface area (Å²) in [5.41, 5.74) is 4.67. The maximum Gasteiger partial charge on any atom is 0.128 e. The van der Waals surface area contributed by atoms with Crippen LogP contribution in [0.2, 0.25) is 0 Å². The molecular formula is C16H20FN3. The van der Waals surface area contributed by atoms with E-state index in [1.54, 1.807) is 6.07 Å². The smallest absolute Gasteiger partial charge is 0.128 e. The molecule has 1 aromatic carbocycles. The maximum absolute atomic E-state index is 14.2. The van der Waals surface area contributed by atoms with Gasteiger partial charge in [-0.15, -0.1) is 0 Å². The molecule has 3 nitrogen and oxygen atoms in total. The van der Waals surface area contributed by atoms with Gasteiger partial charge in [-0.3, -0.25) is 4.68 Å². The minimum atomic E-state index is -0.140. The maximum atomic E-state index is 14.2. The summed E-state index contributed by atoms with van der Waals surface area (Å²) in [5, 5.41) is 7.73. The first kappa shape index (κ1) is 13.3. The number of nitrogens with one attached hydrogen (secondary N) is 1. The number of rotatable bonds is 4. The van der Waals surface area contributed by atoms with Crippen molar-refractivity contribution in [2.75, 3.05) is 0 Å². The first-order valence-corrected chi connectivity index (χ1v) is 7.08. The van der Waals surface area contributed by atoms with Crippen molar-refractivity contribution in [3.8, 4) is 11.1 Å². The van der Waals surface area contributed by atoms with Crippen LogP contribution in [-0.4, -0.2) is 15.8 Å². The Labute approximate surface area is 118 Å². The van der Waals surface area contributed by atoms with Gasteiger partial charge in [0, 0.05) is 36.5 Å². The van der Waals surface area contributed by atoms with Crippen molar-refractivity contribution >= 4 is 0 Å². The van der Waals surface area contributed by atoms with Gasteiger partial charge in [0.2, 0.25) is 0 Å². The summed E-state index contributed by atoms with van der Waals surface area (Å²) < 4.78 is 16.0. The highest BCUT2D eigenvalue weighted by molar-refractivity contribution is 5.68. The summed E-state index contributed by atoms with van der Waals surface area (Å²) in [7, 11) is 1.91. The number of hydrogen-bond donors (Lipinski definition) is 1. The van der Waals surface area contributed by atoms with Gasteiger partial charge in [-0.2, -0.15) is 5.10 Å². The Morgan fingerprint density at radius 3 is 2.65 bits per heavy atom. The molecule has 0 amide bonds. The molecule has 0 spiro atoms. The van der Waals surface area contributed by atoms with Crippen molar-refractivity contribution < 1.29 is 4.39 Å². The van der Waals surface area contributed by atoms with Crippen LogP contribution in [0.25, 0.3) is 11.1 Å². The first-order valence-electron chi connectivity index (χ1n) is 7.08. The van der Waals surface area contributed by atoms with Crippen LogP contribution in [0.1, 0.15) is 29.8 Å². The average molecular weight is 273 g/mol. The van der Waals surface area contributed by atoms with Gasteiger partial charge in [0.25, 0.3) is 0 Å². The Bertz CT molecular complexity index is 641. The molecule has 0 saturated heterocycles. The Hall–Kier alpha value is -1.68. The lowest BCUT2D eigenvalue weighted by Gasteiger charge is -2.08. The van der Waals surface area contributed by atoms with Gasteiger partial charge in [0.1, 0.15) is 5.82 Å². The normalized spacial score (nSPS) is 14.8. The molecule has 1 fully saturated rings. The summed E-state index contributed by atoms with van der Waals surface area (Å²) >= 11 is 0. The van der Waals surface area contributed by atoms with Gasteiger partial charge in [-0.1, -0.05) is 12.1 Å². The second-order valence-electron chi connectivity index (χ2n) is 5.63. The van der Waals surface area contributed by atoms with E-state index >= 15 is 0 Å². The van der Waals surface area contributed by atoms with Gasteiger partial charge >= 0.3 is 0 Å². The molecule has 1 aromatic heterocycles. The number of benzene rings is 1. The third-order valence-electron chi connectivity index (χ3n) is 4.01. The number of aryl methyl sites for hydroxylation is 2. The van der Waals surface area contributed by atoms with Crippen LogP contribution in [0.4, 0.5) is 4.39 Å². The molecule has 1 aliphatic carbocycles. The van der Waals surface area contributed by atoms with E-state index in [1.807, 2.05) is 37.7 Å². The zero-order chi connectivity index (χ0) is 14.3. The van der Waals surface area contributed by atoms with Gasteiger partial charge in [0.05, 0.1) is 5.69 Å². The fourth-order valence-electron chi connectivity index (χ4n) is 2.58. The molecule has 1 N–H and O–H groups in total. The summed E-state index contributed by atoms with van der Waals surface area (Å²) in [6.07, 6.45) is 2.43. The molecule has 1 saturated carbocycles. The van der Waals surface area contributed by atoms with Crippen LogP contribution in [-0.2, 0) is 13.6 Å². The summed E-state index contributed by atoms with van der Waals surface area (Å²) in [6, 6.07) is 6.09. The van der Waals surface area contributed by atoms with Crippen molar-refractivity contribution in [3.05, 3.63) is 41.0 Å². The van der Waals surface area contributed by atoms with Crippen LogP contribution < -0.4 is 5.32 Å². The summed E-state index contributed by atoms with van der Waals surface area (Å²) in [4.78, 5) is 0. The number of aromatic nitrogens is 2. The van der Waals surface area contributed by atoms with Crippen LogP contribution in [0.5, 0.6) is 0 Å². The predicted octanol–water partition coefficient (Wildman–Crippen LogP) is 3.10. The van der Waals surface area contributed by atoms with E-state index in [4.69, 9.17) is 0 Å². The molecule has 0 aliphatic heterocycles. The third kappa shape index (κ3) is 2.48. The van der Waals surface area contributed by atoms with E-state index in [2.05, 4.69) is 10.4 Å². The van der Waals surface area contributed by atoms with Crippen molar-refractivity contribution in [2.45, 2.75) is 39.3 Å². The quantitative estimate of drug-likeness (QED) is 0.927. The number of halogens is 1. The molecule has 1 heterocycles. The Morgan fingerprint density at radius 1 is 1.35 bits per heavy atom. The molecule has 0 radical (unpaired) electrons. The molecule has 0 bridgehead atoms. The van der Waals surface area contributed by atoms with E-state index in [1.165, 1.54) is 12.8 Å². The molecule has 4 heteroatoms. The second-order valence-corrected chi connectivity index (χ2v) is 5.63. The Balaban J connectivity index is 1.88. The molecule has 20 heavy (non-hydrogen) atoms. The highest BCUT2D eigenvalue weighted by atomic mass is 19.1. The Morgan fingerprint density at radius 2 is 2.10 bits per heavy atom. The van der Waals surface area contributed by atoms with E-state index in [-0.39, 0.29) is 5.82 Å². The van der Waals surface area contributed by atoms with Gasteiger partial charge in [0.15, 0.2) is 0 Å². The van der Waals surface area contributed by atoms with E-state index in [0.29, 0.717) is 12.6 Å². The van der Waals surface area contributed by atoms with Gasteiger partial charge < -0.3 is 5.32 Å². The largest absolute Gasteiger partial charge is 0.310 e. The molecule has 3 rings (SSSR count). The minimum Gasteiger partial charge on any atom is -0.310 e. The topological polar surface area (TPSA) is 29.9 Å². The van der Waals surface area contributed by atoms with Crippen molar-refractivity contribution in [1.29, 1.82) is 0 Å². The molecule has 0 atom stereocenters. The molecule has 0 unspecified atom stereocenters. The number of nitrogens with zero attached hydrogens (tertiary/aromatic N) is 2. The van der Waals surface area contributed by atoms with E-state index < -0.39 is 0 Å². The first-order chi connectivity index (χ1) is 9.56. The van der Waals surface area contributed by atoms with Crippen LogP contribution >= 0.6 is 0 Å². The van der Waals surface area contributed by atoms with E-state index in [0.717, 1.165) is 28.1 Å². The Kier molecular flexibility index (Phi) is 3.34. The lowest BCUT2D eigenvalue weighted by atomic mass is 10.0. The van der Waals surface area contributed by atoms with Crippen molar-refractivity contribution in [3.63, 3.8) is 0 Å². The summed E-state index contributed by atoms with van der Waals surface area (Å²) in [6.45, 7) is 4.58. The zero-order valence-electron chi connectivity index (χ0n) is 12.2. The molecule has 106 valence electrons. The van der Waals surface area contributed by atoms with Crippen LogP contribution in [0.15, 0.2) is 18.2 Å². The van der Waals surface area contributed by atoms with Crippen molar-refractivity contribution in [1.82, 2.24) is 15.1 Å². The average Bonchev–Trinajstić information content (AvgIpc) is 3.17. The highest BCUT2D eigenvalue weighted by Crippen LogP contribution is 2.28. The summed E-state index contributed by atoms with van der Waals surface area (Å²) in [5.74, 6) is -0.140. The fraction of sp³-hybridized carbons (Fsp3) is 0.438. The predicted molar refractivity (Wildman–Crippen MR) is 77.9 cm³/mol. The minimum absolute atomic E-state index is 0.140. The highest BCUT2D eigenvalue weighted by Gasteiger charge is 2.20. The lowest BCUT2D eigenvalue weighted by molar-refractivity contribution is 0.587. The monoisotopic (exact) mass is 273 g/mol.